The largest absolute Gasteiger partial charge is 0.378 e. The predicted octanol–water partition coefficient (Wildman–Crippen LogP) is 4.50. The van der Waals surface area contributed by atoms with E-state index in [0.717, 1.165) is 31.4 Å². The summed E-state index contributed by atoms with van der Waals surface area (Å²) in [6, 6.07) is 8.97. The van der Waals surface area contributed by atoms with Gasteiger partial charge in [-0.25, -0.2) is 5.43 Å². The molecule has 1 saturated carbocycles. The van der Waals surface area contributed by atoms with Crippen LogP contribution in [0.1, 0.15) is 82.3 Å². The minimum absolute atomic E-state index is 0.459. The quantitative estimate of drug-likeness (QED) is 0.802. The highest BCUT2D eigenvalue weighted by Crippen LogP contribution is 2.16. The molecule has 1 aliphatic rings. The molecule has 0 radical (unpaired) electrons. The number of carbonyl (C=O) groups is 1. The van der Waals surface area contributed by atoms with Gasteiger partial charge in [0.15, 0.2) is 6.10 Å². The highest BCUT2D eigenvalue weighted by molar-refractivity contribution is 5.87. The zero-order valence-corrected chi connectivity index (χ0v) is 14.5. The van der Waals surface area contributed by atoms with Crippen LogP contribution in [0.5, 0.6) is 0 Å². The van der Waals surface area contributed by atoms with Gasteiger partial charge in [-0.1, -0.05) is 75.3 Å². The number of amides is 1. The molecule has 1 atom stereocenters. The van der Waals surface area contributed by atoms with Gasteiger partial charge in [-0.3, -0.25) is 4.79 Å². The van der Waals surface area contributed by atoms with E-state index in [2.05, 4.69) is 10.5 Å². The lowest BCUT2D eigenvalue weighted by atomic mass is 10.00. The highest BCUT2D eigenvalue weighted by atomic mass is 16.3. The van der Waals surface area contributed by atoms with Gasteiger partial charge in [-0.2, -0.15) is 5.10 Å². The van der Waals surface area contributed by atoms with Crippen LogP contribution in [-0.2, 0) is 4.79 Å². The first-order chi connectivity index (χ1) is 11.8. The fraction of sp³-hybridized carbons (Fsp3) is 0.600. The number of benzene rings is 1. The van der Waals surface area contributed by atoms with Crippen LogP contribution in [0, 0.1) is 0 Å². The summed E-state index contributed by atoms with van der Waals surface area (Å²) in [5.74, 6) is -0.459. The molecule has 1 aromatic carbocycles. The fourth-order valence-electron chi connectivity index (χ4n) is 3.11. The molecule has 24 heavy (non-hydrogen) atoms. The van der Waals surface area contributed by atoms with E-state index in [0.29, 0.717) is 5.56 Å². The average Bonchev–Trinajstić information content (AvgIpc) is 2.61. The average molecular weight is 330 g/mol. The molecule has 4 heteroatoms. The topological polar surface area (TPSA) is 61.7 Å². The molecule has 0 bridgehead atoms. The van der Waals surface area contributed by atoms with Gasteiger partial charge >= 0.3 is 0 Å². The van der Waals surface area contributed by atoms with Crippen LogP contribution in [0.2, 0.25) is 0 Å². The first-order valence-corrected chi connectivity index (χ1v) is 9.35. The van der Waals surface area contributed by atoms with Gasteiger partial charge in [-0.15, -0.1) is 0 Å². The molecule has 132 valence electrons. The van der Waals surface area contributed by atoms with Crippen LogP contribution in [0.15, 0.2) is 35.4 Å². The van der Waals surface area contributed by atoms with E-state index < -0.39 is 12.0 Å². The van der Waals surface area contributed by atoms with Gasteiger partial charge in [0.1, 0.15) is 0 Å². The summed E-state index contributed by atoms with van der Waals surface area (Å²) in [6.45, 7) is 0. The third-order valence-corrected chi connectivity index (χ3v) is 4.62. The Hall–Kier alpha value is -1.68. The maximum absolute atomic E-state index is 12.1. The zero-order chi connectivity index (χ0) is 17.0. The molecule has 2 N–H and O–H groups in total. The molecule has 1 aromatic rings. The van der Waals surface area contributed by atoms with Crippen molar-refractivity contribution >= 4 is 11.6 Å². The molecular weight excluding hydrogens is 300 g/mol. The lowest BCUT2D eigenvalue weighted by Crippen LogP contribution is -2.26. The summed E-state index contributed by atoms with van der Waals surface area (Å²) in [7, 11) is 0. The van der Waals surface area contributed by atoms with Gasteiger partial charge in [0.25, 0.3) is 5.91 Å². The number of nitrogens with zero attached hydrogens (tertiary/aromatic N) is 1. The molecule has 0 aliphatic heterocycles. The van der Waals surface area contributed by atoms with Crippen LogP contribution in [-0.4, -0.2) is 16.7 Å². The number of hydrazone groups is 1. The molecule has 2 rings (SSSR count). The fourth-order valence-corrected chi connectivity index (χ4v) is 3.11. The van der Waals surface area contributed by atoms with E-state index in [9.17, 15) is 9.90 Å². The monoisotopic (exact) mass is 330 g/mol. The Bertz CT molecular complexity index is 500. The number of hydrogen-bond acceptors (Lipinski definition) is 3. The Labute approximate surface area is 145 Å². The normalized spacial score (nSPS) is 18.8. The number of nitrogens with one attached hydrogen (secondary N) is 1. The van der Waals surface area contributed by atoms with Crippen molar-refractivity contribution in [2.45, 2.75) is 76.7 Å². The number of aliphatic hydroxyl groups is 1. The molecule has 1 fully saturated rings. The van der Waals surface area contributed by atoms with E-state index in [1.165, 1.54) is 44.9 Å². The third-order valence-electron chi connectivity index (χ3n) is 4.62. The second kappa shape index (κ2) is 11.0. The van der Waals surface area contributed by atoms with Crippen LogP contribution in [0.4, 0.5) is 0 Å². The first-order valence-electron chi connectivity index (χ1n) is 9.35. The van der Waals surface area contributed by atoms with E-state index in [1.54, 1.807) is 12.1 Å². The Balaban J connectivity index is 1.87. The van der Waals surface area contributed by atoms with Crippen molar-refractivity contribution in [1.29, 1.82) is 0 Å². The SMILES string of the molecule is O=C(NN=C1CCCCCCCCCCC1)[C@@H](O)c1ccccc1. The lowest BCUT2D eigenvalue weighted by molar-refractivity contribution is -0.129. The Morgan fingerprint density at radius 3 is 1.92 bits per heavy atom. The van der Waals surface area contributed by atoms with Crippen molar-refractivity contribution in [2.24, 2.45) is 5.10 Å². The second-order valence-corrected chi connectivity index (χ2v) is 6.65. The summed E-state index contributed by atoms with van der Waals surface area (Å²) in [6.07, 6.45) is 12.1. The summed E-state index contributed by atoms with van der Waals surface area (Å²) in [5, 5.41) is 14.4. The molecule has 0 unspecified atom stereocenters. The van der Waals surface area contributed by atoms with E-state index in [4.69, 9.17) is 0 Å². The molecule has 0 spiro atoms. The Morgan fingerprint density at radius 2 is 1.38 bits per heavy atom. The molecule has 0 saturated heterocycles. The maximum Gasteiger partial charge on any atom is 0.273 e. The Morgan fingerprint density at radius 1 is 0.875 bits per heavy atom. The molecule has 4 nitrogen and oxygen atoms in total. The van der Waals surface area contributed by atoms with Crippen LogP contribution in [0.25, 0.3) is 0 Å². The smallest absolute Gasteiger partial charge is 0.273 e. The second-order valence-electron chi connectivity index (χ2n) is 6.65. The first kappa shape index (κ1) is 18.7. The summed E-state index contributed by atoms with van der Waals surface area (Å²) in [5.41, 5.74) is 4.21. The van der Waals surface area contributed by atoms with Gasteiger partial charge < -0.3 is 5.11 Å². The van der Waals surface area contributed by atoms with Crippen LogP contribution in [0.3, 0.4) is 0 Å². The zero-order valence-electron chi connectivity index (χ0n) is 14.5. The maximum atomic E-state index is 12.1. The Kier molecular flexibility index (Phi) is 8.53. The summed E-state index contributed by atoms with van der Waals surface area (Å²) >= 11 is 0. The lowest BCUT2D eigenvalue weighted by Gasteiger charge is -2.12. The standard InChI is InChI=1S/C20H30N2O2/c23-19(17-13-9-8-10-14-17)20(24)22-21-18-15-11-6-4-2-1-3-5-7-12-16-18/h8-10,13-14,19,23H,1-7,11-12,15-16H2,(H,22,24)/t19-/m0/s1. The van der Waals surface area contributed by atoms with Gasteiger partial charge in [0, 0.05) is 5.71 Å². The molecule has 0 aromatic heterocycles. The highest BCUT2D eigenvalue weighted by Gasteiger charge is 2.16. The summed E-state index contributed by atoms with van der Waals surface area (Å²) < 4.78 is 0. The van der Waals surface area contributed by atoms with Crippen LogP contribution >= 0.6 is 0 Å². The molecule has 1 aliphatic carbocycles. The molecule has 1 amide bonds. The number of rotatable bonds is 3. The van der Waals surface area contributed by atoms with Crippen LogP contribution < -0.4 is 5.43 Å². The summed E-state index contributed by atoms with van der Waals surface area (Å²) in [4.78, 5) is 12.1. The molecular formula is C20H30N2O2. The van der Waals surface area contributed by atoms with Gasteiger partial charge in [-0.05, 0) is 31.2 Å². The third kappa shape index (κ3) is 6.83. The van der Waals surface area contributed by atoms with Crippen molar-refractivity contribution in [3.63, 3.8) is 0 Å². The minimum atomic E-state index is -1.17. The molecule has 0 heterocycles. The van der Waals surface area contributed by atoms with Crippen molar-refractivity contribution in [2.75, 3.05) is 0 Å². The number of aliphatic hydroxyl groups excluding tert-OH is 1. The van der Waals surface area contributed by atoms with E-state index in [-0.39, 0.29) is 0 Å². The van der Waals surface area contributed by atoms with Crippen molar-refractivity contribution in [3.8, 4) is 0 Å². The minimum Gasteiger partial charge on any atom is -0.378 e. The van der Waals surface area contributed by atoms with Crippen molar-refractivity contribution in [3.05, 3.63) is 35.9 Å². The van der Waals surface area contributed by atoms with E-state index >= 15 is 0 Å². The van der Waals surface area contributed by atoms with E-state index in [1.807, 2.05) is 18.2 Å². The number of hydrogen-bond donors (Lipinski definition) is 2. The van der Waals surface area contributed by atoms with Crippen molar-refractivity contribution < 1.29 is 9.90 Å². The van der Waals surface area contributed by atoms with Crippen molar-refractivity contribution in [1.82, 2.24) is 5.43 Å². The van der Waals surface area contributed by atoms with Gasteiger partial charge in [0.05, 0.1) is 0 Å². The predicted molar refractivity (Wildman–Crippen MR) is 97.8 cm³/mol. The number of carbonyl (C=O) groups excluding carboxylic acids is 1. The van der Waals surface area contributed by atoms with Gasteiger partial charge in [0.2, 0.25) is 0 Å².